The maximum Gasteiger partial charge on any atom is 0.354 e. The van der Waals surface area contributed by atoms with E-state index < -0.39 is 47.6 Å². The molecule has 1 saturated heterocycles. The smallest absolute Gasteiger partial charge is 0.354 e. The Bertz CT molecular complexity index is 1220. The molecule has 2 heterocycles. The summed E-state index contributed by atoms with van der Waals surface area (Å²) in [4.78, 5) is 12.5. The van der Waals surface area contributed by atoms with Crippen molar-refractivity contribution in [2.45, 2.75) is 18.2 Å². The summed E-state index contributed by atoms with van der Waals surface area (Å²) < 4.78 is 16.0. The molecule has 170 valence electrons. The molecule has 0 amide bonds. The van der Waals surface area contributed by atoms with E-state index in [4.69, 9.17) is 13.9 Å². The number of phenolic OH excluding ortho intramolecular Hbond substituents is 3. The van der Waals surface area contributed by atoms with E-state index in [9.17, 15) is 40.5 Å². The van der Waals surface area contributed by atoms with Gasteiger partial charge < -0.3 is 49.6 Å². The largest absolute Gasteiger partial charge is 0.507 e. The van der Waals surface area contributed by atoms with Gasteiger partial charge in [-0.3, -0.25) is 4.79 Å². The Balaban J connectivity index is 1.74. The highest BCUT2D eigenvalue weighted by molar-refractivity contribution is 5.86. The third-order valence-corrected chi connectivity index (χ3v) is 5.23. The van der Waals surface area contributed by atoms with Crippen molar-refractivity contribution in [1.29, 1.82) is 0 Å². The van der Waals surface area contributed by atoms with Crippen molar-refractivity contribution in [1.82, 2.24) is 0 Å². The van der Waals surface area contributed by atoms with E-state index in [2.05, 4.69) is 0 Å². The fourth-order valence-corrected chi connectivity index (χ4v) is 3.42. The van der Waals surface area contributed by atoms with Gasteiger partial charge in [-0.2, -0.15) is 0 Å². The van der Waals surface area contributed by atoms with Crippen LogP contribution in [-0.2, 0) is 4.74 Å². The zero-order valence-corrected chi connectivity index (χ0v) is 16.4. The Labute approximate surface area is 179 Å². The van der Waals surface area contributed by atoms with Crippen molar-refractivity contribution in [3.05, 3.63) is 46.6 Å². The molecule has 0 spiro atoms. The van der Waals surface area contributed by atoms with Gasteiger partial charge in [-0.1, -0.05) is 0 Å². The Hall–Kier alpha value is -3.35. The molecule has 1 aliphatic rings. The number of phenols is 3. The molecule has 32 heavy (non-hydrogen) atoms. The van der Waals surface area contributed by atoms with Crippen LogP contribution in [0.2, 0.25) is 0 Å². The number of fused-ring (bicyclic) bond motifs is 1. The quantitative estimate of drug-likeness (QED) is 0.209. The highest BCUT2D eigenvalue weighted by atomic mass is 16.8. The van der Waals surface area contributed by atoms with Gasteiger partial charge in [0, 0.05) is 29.7 Å². The standard InChI is InChI=1S/C21H20O11/c22-7-10-8-30-21(29,20(28)19(10)27)32-11-4-14(25)18-15(26)6-16(31-17(18)5-11)9-1-2-12(23)13(24)3-9/h1-6,10,19-20,22-25,27-29H,7-8H2. The van der Waals surface area contributed by atoms with Crippen LogP contribution >= 0.6 is 0 Å². The first-order valence-corrected chi connectivity index (χ1v) is 9.48. The number of aromatic hydroxyl groups is 3. The Morgan fingerprint density at radius 2 is 1.78 bits per heavy atom. The topological polar surface area (TPSA) is 190 Å². The summed E-state index contributed by atoms with van der Waals surface area (Å²) >= 11 is 0. The van der Waals surface area contributed by atoms with Crippen LogP contribution in [0.3, 0.4) is 0 Å². The number of aliphatic hydroxyl groups excluding tert-OH is 3. The van der Waals surface area contributed by atoms with Crippen LogP contribution in [0.4, 0.5) is 0 Å². The monoisotopic (exact) mass is 448 g/mol. The van der Waals surface area contributed by atoms with Gasteiger partial charge in [-0.25, -0.2) is 0 Å². The molecule has 0 saturated carbocycles. The summed E-state index contributed by atoms with van der Waals surface area (Å²) in [7, 11) is 0. The van der Waals surface area contributed by atoms with E-state index in [0.717, 1.165) is 18.2 Å². The van der Waals surface area contributed by atoms with Crippen LogP contribution in [0.15, 0.2) is 45.6 Å². The summed E-state index contributed by atoms with van der Waals surface area (Å²) in [5.74, 6) is -5.16. The van der Waals surface area contributed by atoms with E-state index in [1.165, 1.54) is 18.2 Å². The van der Waals surface area contributed by atoms with Gasteiger partial charge in [-0.15, -0.1) is 0 Å². The molecule has 4 rings (SSSR count). The summed E-state index contributed by atoms with van der Waals surface area (Å²) in [6, 6.07) is 7.00. The molecule has 3 aromatic rings. The predicted octanol–water partition coefficient (Wildman–Crippen LogP) is -0.0378. The summed E-state index contributed by atoms with van der Waals surface area (Å²) in [5, 5.41) is 69.2. The normalized spacial score (nSPS) is 25.7. The molecule has 11 heteroatoms. The second-order valence-corrected chi connectivity index (χ2v) is 7.42. The molecular formula is C21H20O11. The first kappa shape index (κ1) is 21.9. The summed E-state index contributed by atoms with van der Waals surface area (Å²) in [6.45, 7) is -0.819. The van der Waals surface area contributed by atoms with Crippen molar-refractivity contribution in [2.75, 3.05) is 13.2 Å². The average Bonchev–Trinajstić information content (AvgIpc) is 2.73. The van der Waals surface area contributed by atoms with Gasteiger partial charge in [0.25, 0.3) is 0 Å². The predicted molar refractivity (Wildman–Crippen MR) is 107 cm³/mol. The maximum absolute atomic E-state index is 12.5. The number of ether oxygens (including phenoxy) is 2. The Kier molecular flexibility index (Phi) is 5.44. The van der Waals surface area contributed by atoms with Crippen LogP contribution in [0.1, 0.15) is 0 Å². The molecule has 1 fully saturated rings. The lowest BCUT2D eigenvalue weighted by Gasteiger charge is -2.41. The fraction of sp³-hybridized carbons (Fsp3) is 0.286. The van der Waals surface area contributed by atoms with Gasteiger partial charge in [-0.05, 0) is 18.2 Å². The molecule has 1 aromatic heterocycles. The minimum atomic E-state index is -2.70. The lowest BCUT2D eigenvalue weighted by atomic mass is 9.95. The van der Waals surface area contributed by atoms with Crippen molar-refractivity contribution >= 4 is 11.0 Å². The molecular weight excluding hydrogens is 428 g/mol. The molecule has 0 radical (unpaired) electrons. The molecule has 1 aliphatic heterocycles. The van der Waals surface area contributed by atoms with E-state index in [1.807, 2.05) is 0 Å². The Morgan fingerprint density at radius 1 is 1.03 bits per heavy atom. The highest BCUT2D eigenvalue weighted by Gasteiger charge is 2.51. The van der Waals surface area contributed by atoms with E-state index in [1.54, 1.807) is 0 Å². The molecule has 11 nitrogen and oxygen atoms in total. The van der Waals surface area contributed by atoms with E-state index >= 15 is 0 Å². The van der Waals surface area contributed by atoms with Gasteiger partial charge in [0.05, 0.1) is 19.3 Å². The first-order valence-electron chi connectivity index (χ1n) is 9.48. The van der Waals surface area contributed by atoms with Crippen LogP contribution in [0.25, 0.3) is 22.3 Å². The van der Waals surface area contributed by atoms with Crippen LogP contribution < -0.4 is 10.2 Å². The molecule has 4 atom stereocenters. The number of benzene rings is 2. The molecule has 2 aromatic carbocycles. The minimum absolute atomic E-state index is 0.00298. The lowest BCUT2D eigenvalue weighted by molar-refractivity contribution is -0.398. The fourth-order valence-electron chi connectivity index (χ4n) is 3.42. The minimum Gasteiger partial charge on any atom is -0.507 e. The molecule has 7 N–H and O–H groups in total. The SMILES string of the molecule is O=c1cc(-c2ccc(O)c(O)c2)oc2cc(OC3(O)OCC(CO)C(O)C3O)cc(O)c12. The Morgan fingerprint density at radius 3 is 2.47 bits per heavy atom. The van der Waals surface area contributed by atoms with Crippen molar-refractivity contribution < 1.29 is 49.6 Å². The van der Waals surface area contributed by atoms with Gasteiger partial charge in [0.2, 0.25) is 0 Å². The van der Waals surface area contributed by atoms with Crippen molar-refractivity contribution in [2.24, 2.45) is 5.92 Å². The third kappa shape index (κ3) is 3.72. The van der Waals surface area contributed by atoms with Crippen molar-refractivity contribution in [3.8, 4) is 34.3 Å². The summed E-state index contributed by atoms with van der Waals surface area (Å²) in [5.41, 5.74) is -0.516. The number of aliphatic hydroxyl groups is 4. The number of hydrogen-bond donors (Lipinski definition) is 7. The van der Waals surface area contributed by atoms with Crippen LogP contribution in [0, 0.1) is 5.92 Å². The highest BCUT2D eigenvalue weighted by Crippen LogP contribution is 2.36. The molecule has 4 unspecified atom stereocenters. The van der Waals surface area contributed by atoms with E-state index in [0.29, 0.717) is 0 Å². The number of rotatable bonds is 4. The van der Waals surface area contributed by atoms with Crippen LogP contribution in [0.5, 0.6) is 23.0 Å². The maximum atomic E-state index is 12.5. The molecule has 0 aliphatic carbocycles. The first-order chi connectivity index (χ1) is 15.1. The molecule has 0 bridgehead atoms. The lowest BCUT2D eigenvalue weighted by Crippen LogP contribution is -2.62. The summed E-state index contributed by atoms with van der Waals surface area (Å²) in [6.07, 6.45) is -3.51. The van der Waals surface area contributed by atoms with Crippen LogP contribution in [-0.4, -0.2) is 67.1 Å². The van der Waals surface area contributed by atoms with Gasteiger partial charge in [0.15, 0.2) is 23.0 Å². The second-order valence-electron chi connectivity index (χ2n) is 7.42. The zero-order chi connectivity index (χ0) is 23.2. The average molecular weight is 448 g/mol. The van der Waals surface area contributed by atoms with Gasteiger partial charge in [0.1, 0.15) is 28.2 Å². The van der Waals surface area contributed by atoms with Gasteiger partial charge >= 0.3 is 5.97 Å². The van der Waals surface area contributed by atoms with Crippen molar-refractivity contribution in [3.63, 3.8) is 0 Å². The second kappa shape index (κ2) is 7.97. The van der Waals surface area contributed by atoms with E-state index in [-0.39, 0.29) is 40.4 Å². The zero-order valence-electron chi connectivity index (χ0n) is 16.4. The third-order valence-electron chi connectivity index (χ3n) is 5.23. The number of hydrogen-bond acceptors (Lipinski definition) is 11.